The summed E-state index contributed by atoms with van der Waals surface area (Å²) in [5.74, 6) is -1.74. The SMILES string of the molecule is CC(C)N(CC(N)=O)C(=O)C(C#N)Cc1ccccc1. The molecule has 106 valence electrons. The van der Waals surface area contributed by atoms with Crippen LogP contribution in [0.1, 0.15) is 19.4 Å². The maximum absolute atomic E-state index is 12.4. The number of amides is 2. The van der Waals surface area contributed by atoms with Crippen LogP contribution < -0.4 is 5.73 Å². The number of benzene rings is 1. The molecule has 1 aromatic rings. The molecular formula is C15H19N3O2. The molecule has 5 nitrogen and oxygen atoms in total. The summed E-state index contributed by atoms with van der Waals surface area (Å²) in [6.07, 6.45) is 0.332. The van der Waals surface area contributed by atoms with Crippen molar-refractivity contribution in [3.05, 3.63) is 35.9 Å². The van der Waals surface area contributed by atoms with E-state index in [-0.39, 0.29) is 18.5 Å². The maximum Gasteiger partial charge on any atom is 0.240 e. The number of nitrogens with zero attached hydrogens (tertiary/aromatic N) is 2. The standard InChI is InChI=1S/C15H19N3O2/c1-11(2)18(10-14(17)19)15(20)13(9-16)8-12-6-4-3-5-7-12/h3-7,11,13H,8,10H2,1-2H3,(H2,17,19). The predicted molar refractivity (Wildman–Crippen MR) is 75.3 cm³/mol. The Morgan fingerprint density at radius 2 is 1.90 bits per heavy atom. The van der Waals surface area contributed by atoms with Gasteiger partial charge in [-0.1, -0.05) is 30.3 Å². The molecule has 0 saturated carbocycles. The number of carbonyl (C=O) groups is 2. The van der Waals surface area contributed by atoms with Gasteiger partial charge in [0.05, 0.1) is 12.6 Å². The molecule has 20 heavy (non-hydrogen) atoms. The molecule has 2 amide bonds. The maximum atomic E-state index is 12.4. The van der Waals surface area contributed by atoms with Crippen LogP contribution in [0.3, 0.4) is 0 Å². The first kappa shape index (κ1) is 15.7. The molecule has 2 N–H and O–H groups in total. The third-order valence-electron chi connectivity index (χ3n) is 2.97. The van der Waals surface area contributed by atoms with E-state index in [0.717, 1.165) is 5.56 Å². The zero-order valence-electron chi connectivity index (χ0n) is 11.7. The third kappa shape index (κ3) is 4.39. The van der Waals surface area contributed by atoms with E-state index in [2.05, 4.69) is 0 Å². The summed E-state index contributed by atoms with van der Waals surface area (Å²) in [4.78, 5) is 24.7. The van der Waals surface area contributed by atoms with Crippen LogP contribution in [-0.4, -0.2) is 29.3 Å². The van der Waals surface area contributed by atoms with Crippen LogP contribution in [0.15, 0.2) is 30.3 Å². The highest BCUT2D eigenvalue weighted by atomic mass is 16.2. The van der Waals surface area contributed by atoms with E-state index in [9.17, 15) is 14.9 Å². The van der Waals surface area contributed by atoms with E-state index in [1.54, 1.807) is 13.8 Å². The van der Waals surface area contributed by atoms with Gasteiger partial charge in [0, 0.05) is 6.04 Å². The molecule has 1 aromatic carbocycles. The zero-order valence-corrected chi connectivity index (χ0v) is 11.7. The first-order valence-electron chi connectivity index (χ1n) is 6.48. The minimum Gasteiger partial charge on any atom is -0.368 e. The van der Waals surface area contributed by atoms with Crippen LogP contribution in [0.5, 0.6) is 0 Å². The Bertz CT molecular complexity index is 506. The van der Waals surface area contributed by atoms with Gasteiger partial charge in [-0.2, -0.15) is 5.26 Å². The molecule has 1 atom stereocenters. The summed E-state index contributed by atoms with van der Waals surface area (Å²) < 4.78 is 0. The van der Waals surface area contributed by atoms with Crippen molar-refractivity contribution in [3.8, 4) is 6.07 Å². The average Bonchev–Trinajstić information content (AvgIpc) is 2.42. The van der Waals surface area contributed by atoms with Crippen molar-refractivity contribution in [2.75, 3.05) is 6.54 Å². The number of primary amides is 1. The summed E-state index contributed by atoms with van der Waals surface area (Å²) in [6.45, 7) is 3.42. The molecule has 0 aliphatic rings. The fourth-order valence-corrected chi connectivity index (χ4v) is 1.92. The Morgan fingerprint density at radius 1 is 1.30 bits per heavy atom. The molecule has 1 rings (SSSR count). The highest BCUT2D eigenvalue weighted by Gasteiger charge is 2.27. The molecule has 0 aliphatic carbocycles. The predicted octanol–water partition coefficient (Wildman–Crippen LogP) is 1.09. The van der Waals surface area contributed by atoms with Gasteiger partial charge >= 0.3 is 0 Å². The average molecular weight is 273 g/mol. The van der Waals surface area contributed by atoms with Crippen LogP contribution in [0.4, 0.5) is 0 Å². The highest BCUT2D eigenvalue weighted by molar-refractivity contribution is 5.86. The van der Waals surface area contributed by atoms with Gasteiger partial charge in [0.15, 0.2) is 0 Å². The summed E-state index contributed by atoms with van der Waals surface area (Å²) in [7, 11) is 0. The first-order valence-corrected chi connectivity index (χ1v) is 6.48. The van der Waals surface area contributed by atoms with Crippen molar-refractivity contribution in [2.45, 2.75) is 26.3 Å². The molecule has 0 saturated heterocycles. The van der Waals surface area contributed by atoms with E-state index in [1.807, 2.05) is 36.4 Å². The molecule has 0 fully saturated rings. The van der Waals surface area contributed by atoms with Gasteiger partial charge in [0.2, 0.25) is 11.8 Å². The van der Waals surface area contributed by atoms with Gasteiger partial charge < -0.3 is 10.6 Å². The largest absolute Gasteiger partial charge is 0.368 e. The summed E-state index contributed by atoms with van der Waals surface area (Å²) in [5.41, 5.74) is 6.06. The smallest absolute Gasteiger partial charge is 0.240 e. The second kappa shape index (κ2) is 7.29. The van der Waals surface area contributed by atoms with Crippen molar-refractivity contribution >= 4 is 11.8 Å². The van der Waals surface area contributed by atoms with Gasteiger partial charge in [-0.25, -0.2) is 0 Å². The fourth-order valence-electron chi connectivity index (χ4n) is 1.92. The van der Waals surface area contributed by atoms with Crippen LogP contribution >= 0.6 is 0 Å². The monoisotopic (exact) mass is 273 g/mol. The minimum atomic E-state index is -0.806. The molecule has 5 heteroatoms. The Kier molecular flexibility index (Phi) is 5.73. The van der Waals surface area contributed by atoms with E-state index < -0.39 is 11.8 Å². The lowest BCUT2D eigenvalue weighted by Crippen LogP contribution is -2.45. The lowest BCUT2D eigenvalue weighted by molar-refractivity contribution is -0.139. The lowest BCUT2D eigenvalue weighted by Gasteiger charge is -2.27. The van der Waals surface area contributed by atoms with Gasteiger partial charge in [-0.05, 0) is 25.8 Å². The summed E-state index contributed by atoms with van der Waals surface area (Å²) in [6, 6.07) is 11.2. The number of hydrogen-bond donors (Lipinski definition) is 1. The van der Waals surface area contributed by atoms with Crippen molar-refractivity contribution in [1.29, 1.82) is 5.26 Å². The quantitative estimate of drug-likeness (QED) is 0.841. The Morgan fingerprint density at radius 3 is 2.35 bits per heavy atom. The van der Waals surface area contributed by atoms with E-state index in [1.165, 1.54) is 4.90 Å². The van der Waals surface area contributed by atoms with Crippen molar-refractivity contribution in [1.82, 2.24) is 4.90 Å². The van der Waals surface area contributed by atoms with Crippen LogP contribution in [0.2, 0.25) is 0 Å². The van der Waals surface area contributed by atoms with Crippen molar-refractivity contribution in [2.24, 2.45) is 11.7 Å². The van der Waals surface area contributed by atoms with Crippen LogP contribution in [0, 0.1) is 17.2 Å². The Labute approximate surface area is 119 Å². The zero-order chi connectivity index (χ0) is 15.1. The van der Waals surface area contributed by atoms with Crippen LogP contribution in [0.25, 0.3) is 0 Å². The van der Waals surface area contributed by atoms with E-state index >= 15 is 0 Å². The molecule has 0 aliphatic heterocycles. The van der Waals surface area contributed by atoms with Gasteiger partial charge in [0.25, 0.3) is 0 Å². The first-order chi connectivity index (χ1) is 9.45. The number of nitrogens with two attached hydrogens (primary N) is 1. The fraction of sp³-hybridized carbons (Fsp3) is 0.400. The van der Waals surface area contributed by atoms with Gasteiger partial charge in [0.1, 0.15) is 5.92 Å². The molecule has 0 spiro atoms. The molecule has 0 bridgehead atoms. The lowest BCUT2D eigenvalue weighted by atomic mass is 9.98. The number of carbonyl (C=O) groups excluding carboxylic acids is 2. The second-order valence-electron chi connectivity index (χ2n) is 4.90. The highest BCUT2D eigenvalue weighted by Crippen LogP contribution is 2.13. The van der Waals surface area contributed by atoms with Crippen LogP contribution in [-0.2, 0) is 16.0 Å². The molecule has 0 heterocycles. The van der Waals surface area contributed by atoms with Gasteiger partial charge in [-0.15, -0.1) is 0 Å². The Balaban J connectivity index is 2.85. The molecular weight excluding hydrogens is 254 g/mol. The molecule has 1 unspecified atom stereocenters. The second-order valence-corrected chi connectivity index (χ2v) is 4.90. The topological polar surface area (TPSA) is 87.2 Å². The van der Waals surface area contributed by atoms with E-state index in [4.69, 9.17) is 5.73 Å². The minimum absolute atomic E-state index is 0.163. The number of rotatable bonds is 6. The van der Waals surface area contributed by atoms with E-state index in [0.29, 0.717) is 6.42 Å². The van der Waals surface area contributed by atoms with Crippen molar-refractivity contribution < 1.29 is 9.59 Å². The number of hydrogen-bond acceptors (Lipinski definition) is 3. The summed E-state index contributed by atoms with van der Waals surface area (Å²) >= 11 is 0. The van der Waals surface area contributed by atoms with Crippen molar-refractivity contribution in [3.63, 3.8) is 0 Å². The normalized spacial score (nSPS) is 11.7. The molecule has 0 radical (unpaired) electrons. The third-order valence-corrected chi connectivity index (χ3v) is 2.97. The molecule has 0 aromatic heterocycles. The number of nitriles is 1. The summed E-state index contributed by atoms with van der Waals surface area (Å²) in [5, 5.41) is 9.21. The Hall–Kier alpha value is -2.35. The van der Waals surface area contributed by atoms with Gasteiger partial charge in [-0.3, -0.25) is 9.59 Å².